The van der Waals surface area contributed by atoms with Crippen molar-refractivity contribution in [2.45, 2.75) is 57.6 Å². The summed E-state index contributed by atoms with van der Waals surface area (Å²) in [7, 11) is 1.32. The monoisotopic (exact) mass is 301 g/mol. The lowest BCUT2D eigenvalue weighted by Gasteiger charge is -2.31. The van der Waals surface area contributed by atoms with E-state index in [0.717, 1.165) is 12.8 Å². The fraction of sp³-hybridized carbons (Fsp3) is 0.857. The molecule has 21 heavy (non-hydrogen) atoms. The lowest BCUT2D eigenvalue weighted by molar-refractivity contribution is -0.192. The van der Waals surface area contributed by atoms with Gasteiger partial charge in [-0.15, -0.1) is 0 Å². The van der Waals surface area contributed by atoms with Gasteiger partial charge < -0.3 is 18.9 Å². The van der Waals surface area contributed by atoms with Crippen molar-refractivity contribution >= 4 is 12.1 Å². The van der Waals surface area contributed by atoms with Crippen LogP contribution in [-0.2, 0) is 23.7 Å². The summed E-state index contributed by atoms with van der Waals surface area (Å²) in [6, 6.07) is -0.383. The van der Waals surface area contributed by atoms with Crippen LogP contribution in [0, 0.1) is 0 Å². The molecule has 0 aromatic rings. The zero-order valence-electron chi connectivity index (χ0n) is 13.0. The first-order chi connectivity index (χ1) is 9.96. The summed E-state index contributed by atoms with van der Waals surface area (Å²) in [5.41, 5.74) is 0. The van der Waals surface area contributed by atoms with Crippen LogP contribution in [0.15, 0.2) is 0 Å². The molecule has 2 saturated heterocycles. The zero-order chi connectivity index (χ0) is 15.6. The molecule has 0 aromatic heterocycles. The van der Waals surface area contributed by atoms with Gasteiger partial charge in [-0.3, -0.25) is 9.69 Å². The van der Waals surface area contributed by atoms with Crippen molar-refractivity contribution in [3.05, 3.63) is 0 Å². The van der Waals surface area contributed by atoms with Crippen molar-refractivity contribution in [3.63, 3.8) is 0 Å². The van der Waals surface area contributed by atoms with Crippen LogP contribution >= 0.6 is 0 Å². The van der Waals surface area contributed by atoms with E-state index in [2.05, 4.69) is 0 Å². The van der Waals surface area contributed by atoms with Gasteiger partial charge in [0, 0.05) is 6.92 Å². The van der Waals surface area contributed by atoms with Crippen molar-refractivity contribution in [2.75, 3.05) is 20.3 Å². The third kappa shape index (κ3) is 2.98. The van der Waals surface area contributed by atoms with Gasteiger partial charge in [-0.25, -0.2) is 4.79 Å². The summed E-state index contributed by atoms with van der Waals surface area (Å²) >= 11 is 0. The Morgan fingerprint density at radius 1 is 1.29 bits per heavy atom. The van der Waals surface area contributed by atoms with Crippen molar-refractivity contribution in [3.8, 4) is 0 Å². The molecule has 7 nitrogen and oxygen atoms in total. The van der Waals surface area contributed by atoms with E-state index in [1.165, 1.54) is 18.9 Å². The van der Waals surface area contributed by atoms with Gasteiger partial charge in [0.15, 0.2) is 5.79 Å². The fourth-order valence-corrected chi connectivity index (χ4v) is 2.97. The van der Waals surface area contributed by atoms with Crippen molar-refractivity contribution in [2.24, 2.45) is 0 Å². The number of hydrogen-bond acceptors (Lipinski definition) is 6. The molecule has 0 saturated carbocycles. The summed E-state index contributed by atoms with van der Waals surface area (Å²) < 4.78 is 21.9. The van der Waals surface area contributed by atoms with Crippen LogP contribution in [0.25, 0.3) is 0 Å². The minimum absolute atomic E-state index is 0.0818. The van der Waals surface area contributed by atoms with E-state index < -0.39 is 11.9 Å². The first-order valence-electron chi connectivity index (χ1n) is 7.30. The number of rotatable bonds is 4. The molecule has 0 unspecified atom stereocenters. The number of methoxy groups -OCH3 is 1. The molecule has 2 aliphatic heterocycles. The topological polar surface area (TPSA) is 74.3 Å². The Balaban J connectivity index is 2.14. The van der Waals surface area contributed by atoms with Gasteiger partial charge in [-0.1, -0.05) is 13.8 Å². The molecule has 0 aromatic carbocycles. The van der Waals surface area contributed by atoms with Crippen LogP contribution < -0.4 is 0 Å². The second kappa shape index (κ2) is 6.19. The average molecular weight is 301 g/mol. The van der Waals surface area contributed by atoms with E-state index >= 15 is 0 Å². The summed E-state index contributed by atoms with van der Waals surface area (Å²) in [5, 5.41) is 0. The standard InChI is InChI=1S/C14H23NO6/c1-5-14(6-2)20-11-7-15(13(17)18-4)10(12(11)21-14)8-19-9(3)16/h10-12H,5-8H2,1-4H3/t10-,11+,12-/m1/s1. The minimum Gasteiger partial charge on any atom is -0.464 e. The molecule has 2 aliphatic rings. The first kappa shape index (κ1) is 16.0. The molecule has 0 spiro atoms. The van der Waals surface area contributed by atoms with Crippen LogP contribution in [0.5, 0.6) is 0 Å². The molecular formula is C14H23NO6. The second-order valence-electron chi connectivity index (χ2n) is 5.35. The number of amides is 1. The highest BCUT2D eigenvalue weighted by Crippen LogP contribution is 2.40. The Kier molecular flexibility index (Phi) is 4.73. The van der Waals surface area contributed by atoms with Crippen molar-refractivity contribution < 1.29 is 28.5 Å². The molecule has 7 heteroatoms. The summed E-state index contributed by atoms with van der Waals surface area (Å²) in [6.07, 6.45) is 0.476. The smallest absolute Gasteiger partial charge is 0.410 e. The van der Waals surface area contributed by atoms with Crippen molar-refractivity contribution in [1.82, 2.24) is 4.90 Å². The Labute approximate surface area is 124 Å². The number of carbonyl (C=O) groups is 2. The summed E-state index contributed by atoms with van der Waals surface area (Å²) in [4.78, 5) is 24.4. The maximum Gasteiger partial charge on any atom is 0.410 e. The fourth-order valence-electron chi connectivity index (χ4n) is 2.97. The quantitative estimate of drug-likeness (QED) is 0.729. The van der Waals surface area contributed by atoms with E-state index in [1.54, 1.807) is 0 Å². The lowest BCUT2D eigenvalue weighted by atomic mass is 10.1. The van der Waals surface area contributed by atoms with Gasteiger partial charge >= 0.3 is 12.1 Å². The minimum atomic E-state index is -0.605. The third-order valence-electron chi connectivity index (χ3n) is 4.18. The van der Waals surface area contributed by atoms with E-state index in [4.69, 9.17) is 18.9 Å². The number of fused-ring (bicyclic) bond motifs is 1. The average Bonchev–Trinajstić information content (AvgIpc) is 2.99. The third-order valence-corrected chi connectivity index (χ3v) is 4.18. The van der Waals surface area contributed by atoms with Crippen LogP contribution in [0.3, 0.4) is 0 Å². The van der Waals surface area contributed by atoms with Crippen LogP contribution in [-0.4, -0.2) is 61.3 Å². The van der Waals surface area contributed by atoms with Crippen LogP contribution in [0.2, 0.25) is 0 Å². The maximum absolute atomic E-state index is 11.9. The highest BCUT2D eigenvalue weighted by Gasteiger charge is 2.56. The van der Waals surface area contributed by atoms with Crippen LogP contribution in [0.4, 0.5) is 4.79 Å². The molecule has 0 aliphatic carbocycles. The van der Waals surface area contributed by atoms with E-state index in [-0.39, 0.29) is 30.8 Å². The molecule has 120 valence electrons. The van der Waals surface area contributed by atoms with Gasteiger partial charge in [0.25, 0.3) is 0 Å². The molecule has 2 heterocycles. The van der Waals surface area contributed by atoms with E-state index in [0.29, 0.717) is 6.54 Å². The molecule has 2 rings (SSSR count). The predicted octanol–water partition coefficient (Wildman–Crippen LogP) is 1.30. The number of esters is 1. The molecule has 0 bridgehead atoms. The maximum atomic E-state index is 11.9. The van der Waals surface area contributed by atoms with Gasteiger partial charge in [0.2, 0.25) is 0 Å². The predicted molar refractivity (Wildman–Crippen MR) is 72.6 cm³/mol. The normalized spacial score (nSPS) is 30.1. The van der Waals surface area contributed by atoms with Crippen molar-refractivity contribution in [1.29, 1.82) is 0 Å². The zero-order valence-corrected chi connectivity index (χ0v) is 13.0. The number of carbonyl (C=O) groups excluding carboxylic acids is 2. The molecule has 0 N–H and O–H groups in total. The van der Waals surface area contributed by atoms with Gasteiger partial charge in [-0.05, 0) is 12.8 Å². The molecule has 1 amide bonds. The van der Waals surface area contributed by atoms with Gasteiger partial charge in [0.1, 0.15) is 18.8 Å². The molecular weight excluding hydrogens is 278 g/mol. The highest BCUT2D eigenvalue weighted by molar-refractivity contribution is 5.69. The highest BCUT2D eigenvalue weighted by atomic mass is 16.8. The SMILES string of the molecule is CCC1(CC)O[C@H]2[C@H](CN(C(=O)OC)[C@@H]2COC(C)=O)O1. The van der Waals surface area contributed by atoms with Crippen LogP contribution in [0.1, 0.15) is 33.6 Å². The van der Waals surface area contributed by atoms with Gasteiger partial charge in [-0.2, -0.15) is 0 Å². The first-order valence-corrected chi connectivity index (χ1v) is 7.30. The Bertz CT molecular complexity index is 408. The molecule has 0 radical (unpaired) electrons. The summed E-state index contributed by atoms with van der Waals surface area (Å²) in [6.45, 7) is 5.81. The largest absolute Gasteiger partial charge is 0.464 e. The van der Waals surface area contributed by atoms with E-state index in [9.17, 15) is 9.59 Å². The number of likely N-dealkylation sites (tertiary alicyclic amines) is 1. The lowest BCUT2D eigenvalue weighted by Crippen LogP contribution is -2.45. The summed E-state index contributed by atoms with van der Waals surface area (Å²) in [5.74, 6) is -0.995. The number of ether oxygens (including phenoxy) is 4. The van der Waals surface area contributed by atoms with E-state index in [1.807, 2.05) is 13.8 Å². The Hall–Kier alpha value is -1.34. The number of hydrogen-bond donors (Lipinski definition) is 0. The van der Waals surface area contributed by atoms with Gasteiger partial charge in [0.05, 0.1) is 19.7 Å². The molecule has 2 fully saturated rings. The second-order valence-corrected chi connectivity index (χ2v) is 5.35. The Morgan fingerprint density at radius 2 is 1.95 bits per heavy atom. The Morgan fingerprint density at radius 3 is 2.48 bits per heavy atom. The molecule has 3 atom stereocenters. The number of nitrogens with zero attached hydrogens (tertiary/aromatic N) is 1.